The minimum atomic E-state index is -0.193. The number of hydrogen-bond donors (Lipinski definition) is 2. The molecule has 2 atom stereocenters. The zero-order valence-corrected chi connectivity index (χ0v) is 8.96. The molecule has 1 aliphatic rings. The van der Waals surface area contributed by atoms with E-state index in [1.54, 1.807) is 0 Å². The SMILES string of the molecule is CCCCC(=O)NCC1CCCC1O. The van der Waals surface area contributed by atoms with Gasteiger partial charge in [0.15, 0.2) is 0 Å². The van der Waals surface area contributed by atoms with Crippen LogP contribution in [0.5, 0.6) is 0 Å². The van der Waals surface area contributed by atoms with Crippen LogP contribution in [0.15, 0.2) is 0 Å². The van der Waals surface area contributed by atoms with Crippen LogP contribution in [0.2, 0.25) is 0 Å². The second-order valence-corrected chi connectivity index (χ2v) is 4.17. The molecule has 0 aromatic carbocycles. The summed E-state index contributed by atoms with van der Waals surface area (Å²) >= 11 is 0. The van der Waals surface area contributed by atoms with Crippen molar-refractivity contribution in [2.45, 2.75) is 51.6 Å². The Morgan fingerprint density at radius 2 is 2.29 bits per heavy atom. The van der Waals surface area contributed by atoms with Gasteiger partial charge in [-0.25, -0.2) is 0 Å². The molecule has 1 rings (SSSR count). The molecule has 3 heteroatoms. The molecule has 0 saturated heterocycles. The van der Waals surface area contributed by atoms with Crippen molar-refractivity contribution in [2.24, 2.45) is 5.92 Å². The third kappa shape index (κ3) is 3.66. The van der Waals surface area contributed by atoms with Crippen molar-refractivity contribution in [1.82, 2.24) is 5.32 Å². The van der Waals surface area contributed by atoms with Crippen LogP contribution in [0, 0.1) is 5.92 Å². The first-order chi connectivity index (χ1) is 6.74. The van der Waals surface area contributed by atoms with Crippen molar-refractivity contribution < 1.29 is 9.90 Å². The molecule has 2 unspecified atom stereocenters. The summed E-state index contributed by atoms with van der Waals surface area (Å²) in [5.74, 6) is 0.423. The first kappa shape index (κ1) is 11.5. The molecule has 0 aromatic rings. The van der Waals surface area contributed by atoms with Crippen molar-refractivity contribution in [1.29, 1.82) is 0 Å². The van der Waals surface area contributed by atoms with E-state index in [9.17, 15) is 9.90 Å². The van der Waals surface area contributed by atoms with Gasteiger partial charge >= 0.3 is 0 Å². The number of aliphatic hydroxyl groups excluding tert-OH is 1. The topological polar surface area (TPSA) is 49.3 Å². The predicted molar refractivity (Wildman–Crippen MR) is 55.9 cm³/mol. The molecular weight excluding hydrogens is 178 g/mol. The van der Waals surface area contributed by atoms with Gasteiger partial charge in [-0.05, 0) is 19.3 Å². The average Bonchev–Trinajstić information content (AvgIpc) is 2.58. The van der Waals surface area contributed by atoms with Crippen molar-refractivity contribution >= 4 is 5.91 Å². The minimum Gasteiger partial charge on any atom is -0.393 e. The summed E-state index contributed by atoms with van der Waals surface area (Å²) in [6.07, 6.45) is 5.49. The molecule has 0 radical (unpaired) electrons. The third-order valence-corrected chi connectivity index (χ3v) is 2.94. The quantitative estimate of drug-likeness (QED) is 0.704. The number of rotatable bonds is 5. The van der Waals surface area contributed by atoms with E-state index < -0.39 is 0 Å². The summed E-state index contributed by atoms with van der Waals surface area (Å²) in [5, 5.41) is 12.4. The van der Waals surface area contributed by atoms with E-state index in [-0.39, 0.29) is 12.0 Å². The van der Waals surface area contributed by atoms with Crippen LogP contribution in [0.1, 0.15) is 45.4 Å². The lowest BCUT2D eigenvalue weighted by molar-refractivity contribution is -0.121. The van der Waals surface area contributed by atoms with Gasteiger partial charge in [-0.1, -0.05) is 19.8 Å². The number of nitrogens with one attached hydrogen (secondary N) is 1. The molecule has 0 aliphatic heterocycles. The summed E-state index contributed by atoms with van der Waals surface area (Å²) in [4.78, 5) is 11.3. The Hall–Kier alpha value is -0.570. The maximum atomic E-state index is 11.3. The molecule has 1 amide bonds. The summed E-state index contributed by atoms with van der Waals surface area (Å²) in [6, 6.07) is 0. The van der Waals surface area contributed by atoms with E-state index in [0.717, 1.165) is 32.1 Å². The molecule has 2 N–H and O–H groups in total. The second kappa shape index (κ2) is 6.02. The monoisotopic (exact) mass is 199 g/mol. The van der Waals surface area contributed by atoms with Gasteiger partial charge in [0.2, 0.25) is 5.91 Å². The molecule has 1 aliphatic carbocycles. The normalized spacial score (nSPS) is 26.4. The van der Waals surface area contributed by atoms with E-state index in [2.05, 4.69) is 12.2 Å². The van der Waals surface area contributed by atoms with Gasteiger partial charge in [0.1, 0.15) is 0 Å². The highest BCUT2D eigenvalue weighted by atomic mass is 16.3. The Labute approximate surface area is 85.9 Å². The highest BCUT2D eigenvalue weighted by Crippen LogP contribution is 2.24. The molecule has 82 valence electrons. The van der Waals surface area contributed by atoms with Gasteiger partial charge in [-0.15, -0.1) is 0 Å². The second-order valence-electron chi connectivity index (χ2n) is 4.17. The number of unbranched alkanes of at least 4 members (excludes halogenated alkanes) is 1. The molecule has 0 bridgehead atoms. The lowest BCUT2D eigenvalue weighted by Gasteiger charge is -2.14. The molecule has 0 spiro atoms. The van der Waals surface area contributed by atoms with Crippen LogP contribution in [-0.4, -0.2) is 23.7 Å². The molecule has 0 aromatic heterocycles. The highest BCUT2D eigenvalue weighted by molar-refractivity contribution is 5.75. The summed E-state index contributed by atoms with van der Waals surface area (Å²) < 4.78 is 0. The summed E-state index contributed by atoms with van der Waals surface area (Å²) in [7, 11) is 0. The van der Waals surface area contributed by atoms with Gasteiger partial charge in [0, 0.05) is 18.9 Å². The lowest BCUT2D eigenvalue weighted by Crippen LogP contribution is -2.32. The van der Waals surface area contributed by atoms with Crippen LogP contribution >= 0.6 is 0 Å². The number of aliphatic hydroxyl groups is 1. The highest BCUT2D eigenvalue weighted by Gasteiger charge is 2.25. The van der Waals surface area contributed by atoms with Crippen LogP contribution < -0.4 is 5.32 Å². The molecule has 0 heterocycles. The fourth-order valence-electron chi connectivity index (χ4n) is 1.93. The Morgan fingerprint density at radius 1 is 1.50 bits per heavy atom. The Kier molecular flexibility index (Phi) is 4.94. The van der Waals surface area contributed by atoms with E-state index in [0.29, 0.717) is 18.9 Å². The minimum absolute atomic E-state index is 0.131. The predicted octanol–water partition coefficient (Wildman–Crippen LogP) is 1.45. The Bertz CT molecular complexity index is 182. The first-order valence-corrected chi connectivity index (χ1v) is 5.68. The number of hydrogen-bond acceptors (Lipinski definition) is 2. The molecule has 14 heavy (non-hydrogen) atoms. The van der Waals surface area contributed by atoms with E-state index in [1.807, 2.05) is 0 Å². The standard InChI is InChI=1S/C11H21NO2/c1-2-3-7-11(14)12-8-9-5-4-6-10(9)13/h9-10,13H,2-8H2,1H3,(H,12,14). The van der Waals surface area contributed by atoms with Crippen molar-refractivity contribution in [3.63, 3.8) is 0 Å². The van der Waals surface area contributed by atoms with Gasteiger partial charge in [0.05, 0.1) is 6.10 Å². The molecule has 1 saturated carbocycles. The average molecular weight is 199 g/mol. The van der Waals surface area contributed by atoms with E-state index >= 15 is 0 Å². The van der Waals surface area contributed by atoms with Crippen LogP contribution in [0.3, 0.4) is 0 Å². The maximum absolute atomic E-state index is 11.3. The lowest BCUT2D eigenvalue weighted by atomic mass is 10.1. The van der Waals surface area contributed by atoms with Gasteiger partial charge in [0.25, 0.3) is 0 Å². The van der Waals surface area contributed by atoms with Gasteiger partial charge < -0.3 is 10.4 Å². The van der Waals surface area contributed by atoms with Crippen molar-refractivity contribution in [3.05, 3.63) is 0 Å². The molecule has 3 nitrogen and oxygen atoms in total. The Balaban J connectivity index is 2.10. The largest absolute Gasteiger partial charge is 0.393 e. The van der Waals surface area contributed by atoms with Crippen LogP contribution in [-0.2, 0) is 4.79 Å². The van der Waals surface area contributed by atoms with Crippen LogP contribution in [0.25, 0.3) is 0 Å². The van der Waals surface area contributed by atoms with Crippen molar-refractivity contribution in [2.75, 3.05) is 6.54 Å². The summed E-state index contributed by atoms with van der Waals surface area (Å²) in [5.41, 5.74) is 0. The maximum Gasteiger partial charge on any atom is 0.220 e. The molecular formula is C11H21NO2. The molecule has 1 fully saturated rings. The van der Waals surface area contributed by atoms with Crippen molar-refractivity contribution in [3.8, 4) is 0 Å². The van der Waals surface area contributed by atoms with Gasteiger partial charge in [-0.3, -0.25) is 4.79 Å². The first-order valence-electron chi connectivity index (χ1n) is 5.68. The number of amides is 1. The smallest absolute Gasteiger partial charge is 0.220 e. The fourth-order valence-corrected chi connectivity index (χ4v) is 1.93. The number of carbonyl (C=O) groups is 1. The zero-order chi connectivity index (χ0) is 10.4. The van der Waals surface area contributed by atoms with Gasteiger partial charge in [-0.2, -0.15) is 0 Å². The van der Waals surface area contributed by atoms with E-state index in [1.165, 1.54) is 0 Å². The number of carbonyl (C=O) groups excluding carboxylic acids is 1. The summed E-state index contributed by atoms with van der Waals surface area (Å²) in [6.45, 7) is 2.73. The van der Waals surface area contributed by atoms with E-state index in [4.69, 9.17) is 0 Å². The fraction of sp³-hybridized carbons (Fsp3) is 0.909. The van der Waals surface area contributed by atoms with Crippen LogP contribution in [0.4, 0.5) is 0 Å². The third-order valence-electron chi connectivity index (χ3n) is 2.94. The zero-order valence-electron chi connectivity index (χ0n) is 8.96. The Morgan fingerprint density at radius 3 is 2.86 bits per heavy atom.